The van der Waals surface area contributed by atoms with Gasteiger partial charge in [0.15, 0.2) is 9.84 Å². The molecule has 0 saturated carbocycles. The van der Waals surface area contributed by atoms with Gasteiger partial charge in [-0.1, -0.05) is 6.92 Å². The van der Waals surface area contributed by atoms with E-state index < -0.39 is 19.7 Å². The molecule has 2 N–H and O–H groups in total. The summed E-state index contributed by atoms with van der Waals surface area (Å²) < 4.78 is 45.5. The minimum atomic E-state index is -2.93. The van der Waals surface area contributed by atoms with Crippen LogP contribution >= 0.6 is 0 Å². The van der Waals surface area contributed by atoms with Crippen molar-refractivity contribution in [2.45, 2.75) is 26.2 Å². The quantitative estimate of drug-likeness (QED) is 0.725. The number of nitrogens with two attached hydrogens (primary N) is 1. The molecule has 1 rings (SSSR count). The highest BCUT2D eigenvalue weighted by atomic mass is 32.2. The third-order valence-electron chi connectivity index (χ3n) is 3.71. The molecule has 2 unspecified atom stereocenters. The summed E-state index contributed by atoms with van der Waals surface area (Å²) in [7, 11) is -5.81. The van der Waals surface area contributed by atoms with E-state index in [0.717, 1.165) is 0 Å². The van der Waals surface area contributed by atoms with Crippen molar-refractivity contribution in [2.24, 2.45) is 17.6 Å². The SMILES string of the molecule is CCS(=O)(=O)CCCC(CN)C1CCS(=O)(=O)C1. The second-order valence-corrected chi connectivity index (χ2v) is 9.74. The van der Waals surface area contributed by atoms with E-state index in [1.54, 1.807) is 6.92 Å². The molecular weight excluding hydrogens is 274 g/mol. The molecule has 1 aliphatic heterocycles. The van der Waals surface area contributed by atoms with Crippen molar-refractivity contribution in [3.05, 3.63) is 0 Å². The van der Waals surface area contributed by atoms with Gasteiger partial charge in [0.25, 0.3) is 0 Å². The summed E-state index contributed by atoms with van der Waals surface area (Å²) in [4.78, 5) is 0. The van der Waals surface area contributed by atoms with Gasteiger partial charge >= 0.3 is 0 Å². The summed E-state index contributed by atoms with van der Waals surface area (Å²) in [5, 5.41) is 0. The molecule has 0 amide bonds. The van der Waals surface area contributed by atoms with Crippen LogP contribution in [0, 0.1) is 11.8 Å². The van der Waals surface area contributed by atoms with Crippen molar-refractivity contribution < 1.29 is 16.8 Å². The zero-order valence-corrected chi connectivity index (χ0v) is 12.5. The van der Waals surface area contributed by atoms with Gasteiger partial charge in [-0.05, 0) is 37.6 Å². The van der Waals surface area contributed by atoms with Gasteiger partial charge in [-0.3, -0.25) is 0 Å². The third kappa shape index (κ3) is 4.85. The summed E-state index contributed by atoms with van der Waals surface area (Å²) in [6, 6.07) is 0. The average Bonchev–Trinajstić information content (AvgIpc) is 2.65. The van der Waals surface area contributed by atoms with Gasteiger partial charge in [0.05, 0.1) is 17.3 Å². The molecule has 2 atom stereocenters. The summed E-state index contributed by atoms with van der Waals surface area (Å²) >= 11 is 0. The molecule has 0 aromatic carbocycles. The van der Waals surface area contributed by atoms with E-state index in [9.17, 15) is 16.8 Å². The summed E-state index contributed by atoms with van der Waals surface area (Å²) in [5.41, 5.74) is 5.68. The smallest absolute Gasteiger partial charge is 0.150 e. The zero-order chi connectivity index (χ0) is 13.8. The molecule has 1 fully saturated rings. The van der Waals surface area contributed by atoms with Crippen molar-refractivity contribution in [2.75, 3.05) is 29.6 Å². The summed E-state index contributed by atoms with van der Waals surface area (Å²) in [6.07, 6.45) is 1.95. The van der Waals surface area contributed by atoms with Gasteiger partial charge in [0, 0.05) is 5.75 Å². The topological polar surface area (TPSA) is 94.3 Å². The monoisotopic (exact) mass is 297 g/mol. The predicted molar refractivity (Wildman–Crippen MR) is 72.9 cm³/mol. The Morgan fingerprint density at radius 2 is 2.06 bits per heavy atom. The molecular formula is C11H23NO4S2. The highest BCUT2D eigenvalue weighted by molar-refractivity contribution is 7.91. The lowest BCUT2D eigenvalue weighted by Gasteiger charge is -2.20. The second-order valence-electron chi connectivity index (χ2n) is 5.04. The molecule has 7 heteroatoms. The summed E-state index contributed by atoms with van der Waals surface area (Å²) in [5.74, 6) is 1.06. The number of rotatable bonds is 7. The van der Waals surface area contributed by atoms with Crippen molar-refractivity contribution in [3.8, 4) is 0 Å². The van der Waals surface area contributed by atoms with Crippen LogP contribution in [0.2, 0.25) is 0 Å². The Kier molecular flexibility index (Phi) is 5.61. The molecule has 108 valence electrons. The van der Waals surface area contributed by atoms with Gasteiger partial charge in [-0.15, -0.1) is 0 Å². The maximum Gasteiger partial charge on any atom is 0.150 e. The minimum absolute atomic E-state index is 0.115. The van der Waals surface area contributed by atoms with Gasteiger partial charge in [0.2, 0.25) is 0 Å². The fraction of sp³-hybridized carbons (Fsp3) is 1.00. The Balaban J connectivity index is 2.44. The predicted octanol–water partition coefficient (Wildman–Crippen LogP) is 0.211. The van der Waals surface area contributed by atoms with Crippen LogP contribution in [-0.2, 0) is 19.7 Å². The first kappa shape index (κ1) is 15.9. The maximum atomic E-state index is 11.4. The first-order valence-corrected chi connectivity index (χ1v) is 10.0. The molecule has 0 aromatic rings. The fourth-order valence-electron chi connectivity index (χ4n) is 2.45. The van der Waals surface area contributed by atoms with Gasteiger partial charge < -0.3 is 5.73 Å². The van der Waals surface area contributed by atoms with Gasteiger partial charge in [-0.2, -0.15) is 0 Å². The van der Waals surface area contributed by atoms with E-state index in [-0.39, 0.29) is 34.8 Å². The largest absolute Gasteiger partial charge is 0.330 e. The Morgan fingerprint density at radius 3 is 2.50 bits per heavy atom. The van der Waals surface area contributed by atoms with Crippen LogP contribution in [0.1, 0.15) is 26.2 Å². The third-order valence-corrected chi connectivity index (χ3v) is 7.29. The fourth-order valence-corrected chi connectivity index (χ4v) is 5.27. The number of hydrogen-bond donors (Lipinski definition) is 1. The molecule has 0 spiro atoms. The van der Waals surface area contributed by atoms with Crippen LogP contribution in [0.3, 0.4) is 0 Å². The van der Waals surface area contributed by atoms with E-state index in [0.29, 0.717) is 25.8 Å². The molecule has 18 heavy (non-hydrogen) atoms. The standard InChI is InChI=1S/C11H23NO4S2/c1-2-17(13,14)6-3-4-10(8-12)11-5-7-18(15,16)9-11/h10-11H,2-9,12H2,1H3. The second kappa shape index (κ2) is 6.34. The van der Waals surface area contributed by atoms with E-state index >= 15 is 0 Å². The lowest BCUT2D eigenvalue weighted by atomic mass is 9.88. The van der Waals surface area contributed by atoms with Crippen molar-refractivity contribution in [1.82, 2.24) is 0 Å². The van der Waals surface area contributed by atoms with Crippen molar-refractivity contribution >= 4 is 19.7 Å². The molecule has 0 aliphatic carbocycles. The molecule has 0 radical (unpaired) electrons. The lowest BCUT2D eigenvalue weighted by Crippen LogP contribution is -2.25. The molecule has 1 aliphatic rings. The van der Waals surface area contributed by atoms with E-state index in [4.69, 9.17) is 5.73 Å². The summed E-state index contributed by atoms with van der Waals surface area (Å²) in [6.45, 7) is 2.08. The number of sulfone groups is 2. The van der Waals surface area contributed by atoms with Crippen molar-refractivity contribution in [3.63, 3.8) is 0 Å². The number of hydrogen-bond acceptors (Lipinski definition) is 5. The van der Waals surface area contributed by atoms with Crippen LogP contribution in [0.15, 0.2) is 0 Å². The van der Waals surface area contributed by atoms with Crippen LogP contribution in [0.5, 0.6) is 0 Å². The molecule has 0 bridgehead atoms. The zero-order valence-electron chi connectivity index (χ0n) is 10.8. The Morgan fingerprint density at radius 1 is 1.39 bits per heavy atom. The first-order chi connectivity index (χ1) is 8.29. The highest BCUT2D eigenvalue weighted by Crippen LogP contribution is 2.28. The maximum absolute atomic E-state index is 11.4. The van der Waals surface area contributed by atoms with Crippen LogP contribution < -0.4 is 5.73 Å². The normalized spacial score (nSPS) is 25.1. The molecule has 1 saturated heterocycles. The Labute approximate surface area is 110 Å². The molecule has 1 heterocycles. The lowest BCUT2D eigenvalue weighted by molar-refractivity contribution is 0.347. The highest BCUT2D eigenvalue weighted by Gasteiger charge is 2.32. The van der Waals surface area contributed by atoms with Crippen molar-refractivity contribution in [1.29, 1.82) is 0 Å². The van der Waals surface area contributed by atoms with Crippen LogP contribution in [0.4, 0.5) is 0 Å². The van der Waals surface area contributed by atoms with E-state index in [2.05, 4.69) is 0 Å². The van der Waals surface area contributed by atoms with Crippen LogP contribution in [0.25, 0.3) is 0 Å². The Bertz CT molecular complexity index is 455. The molecule has 5 nitrogen and oxygen atoms in total. The first-order valence-electron chi connectivity index (χ1n) is 6.40. The van der Waals surface area contributed by atoms with E-state index in [1.807, 2.05) is 0 Å². The molecule has 0 aromatic heterocycles. The van der Waals surface area contributed by atoms with Gasteiger partial charge in [-0.25, -0.2) is 16.8 Å². The van der Waals surface area contributed by atoms with Gasteiger partial charge in [0.1, 0.15) is 9.84 Å². The Hall–Kier alpha value is -0.140. The average molecular weight is 297 g/mol. The van der Waals surface area contributed by atoms with E-state index in [1.165, 1.54) is 0 Å². The minimum Gasteiger partial charge on any atom is -0.330 e. The van der Waals surface area contributed by atoms with Crippen LogP contribution in [-0.4, -0.2) is 46.4 Å².